The van der Waals surface area contributed by atoms with Crippen LogP contribution in [0.2, 0.25) is 0 Å². The topological polar surface area (TPSA) is 22.0 Å². The van der Waals surface area contributed by atoms with Crippen molar-refractivity contribution in [1.29, 1.82) is 0 Å². The average Bonchev–Trinajstić information content (AvgIpc) is 2.56. The summed E-state index contributed by atoms with van der Waals surface area (Å²) in [5.74, 6) is -3.23. The number of alkyl halides is 3. The number of hydrogen-bond acceptors (Lipinski definition) is 1. The highest BCUT2D eigenvalue weighted by Gasteiger charge is 2.40. The van der Waals surface area contributed by atoms with Gasteiger partial charge in [-0.15, -0.1) is 0 Å². The average molecular weight is 349 g/mol. The van der Waals surface area contributed by atoms with Gasteiger partial charge in [0.25, 0.3) is 5.56 Å². The molecule has 0 saturated carbocycles. The van der Waals surface area contributed by atoms with Crippen LogP contribution < -0.4 is 5.56 Å². The first-order valence-electron chi connectivity index (χ1n) is 7.69. The van der Waals surface area contributed by atoms with Gasteiger partial charge in [-0.1, -0.05) is 36.4 Å². The molecule has 0 saturated heterocycles. The van der Waals surface area contributed by atoms with Gasteiger partial charge in [0.05, 0.1) is 11.6 Å². The highest BCUT2D eigenvalue weighted by atomic mass is 19.4. The van der Waals surface area contributed by atoms with Gasteiger partial charge in [-0.25, -0.2) is 0 Å². The van der Waals surface area contributed by atoms with Crippen LogP contribution in [0.1, 0.15) is 24.0 Å². The van der Waals surface area contributed by atoms with Crippen molar-refractivity contribution in [1.82, 2.24) is 4.57 Å². The number of nitrogens with zero attached hydrogens (tertiary/aromatic N) is 1. The Hall–Kier alpha value is -2.63. The predicted molar refractivity (Wildman–Crippen MR) is 88.7 cm³/mol. The molecule has 1 atom stereocenters. The van der Waals surface area contributed by atoms with Crippen LogP contribution in [-0.2, 0) is 0 Å². The molecule has 0 bridgehead atoms. The van der Waals surface area contributed by atoms with Crippen molar-refractivity contribution in [2.24, 2.45) is 0 Å². The fourth-order valence-electron chi connectivity index (χ4n) is 2.95. The van der Waals surface area contributed by atoms with Gasteiger partial charge in [0.15, 0.2) is 0 Å². The Morgan fingerprint density at radius 1 is 0.960 bits per heavy atom. The summed E-state index contributed by atoms with van der Waals surface area (Å²) in [5.41, 5.74) is -0.387. The molecule has 3 rings (SSSR count). The van der Waals surface area contributed by atoms with Gasteiger partial charge in [-0.2, -0.15) is 17.6 Å². The minimum Gasteiger partial charge on any atom is -0.268 e. The second-order valence-corrected chi connectivity index (χ2v) is 5.94. The van der Waals surface area contributed by atoms with E-state index in [1.807, 2.05) is 0 Å². The normalized spacial score (nSPS) is 13.2. The number of aromatic nitrogens is 1. The minimum absolute atomic E-state index is 0.0142. The van der Waals surface area contributed by atoms with Gasteiger partial charge < -0.3 is 0 Å². The Morgan fingerprint density at radius 3 is 2.12 bits per heavy atom. The lowest BCUT2D eigenvalue weighted by Crippen LogP contribution is -2.28. The molecule has 2 nitrogen and oxygen atoms in total. The quantitative estimate of drug-likeness (QED) is 0.466. The summed E-state index contributed by atoms with van der Waals surface area (Å²) in [5, 5.41) is 0.0397. The zero-order valence-corrected chi connectivity index (χ0v) is 13.6. The van der Waals surface area contributed by atoms with Crippen molar-refractivity contribution in [3.63, 3.8) is 0 Å². The van der Waals surface area contributed by atoms with Gasteiger partial charge in [0, 0.05) is 10.9 Å². The lowest BCUT2D eigenvalue weighted by Gasteiger charge is -2.21. The number of fused-ring (bicyclic) bond motifs is 1. The summed E-state index contributed by atoms with van der Waals surface area (Å²) in [4.78, 5) is 12.8. The first-order chi connectivity index (χ1) is 11.7. The summed E-state index contributed by atoms with van der Waals surface area (Å²) in [6, 6.07) is 12.3. The van der Waals surface area contributed by atoms with E-state index in [9.17, 15) is 18.0 Å². The molecular formula is C19H15F4NO. The maximum Gasteiger partial charge on any atom is 0.395 e. The summed E-state index contributed by atoms with van der Waals surface area (Å²) in [6.45, 7) is 2.57. The molecule has 0 spiro atoms. The molecule has 1 unspecified atom stereocenters. The van der Waals surface area contributed by atoms with Gasteiger partial charge in [0.2, 0.25) is 5.95 Å². The van der Waals surface area contributed by atoms with E-state index in [-0.39, 0.29) is 16.5 Å². The second-order valence-electron chi connectivity index (χ2n) is 5.94. The Kier molecular flexibility index (Phi) is 4.14. The van der Waals surface area contributed by atoms with Crippen molar-refractivity contribution in [3.8, 4) is 5.69 Å². The van der Waals surface area contributed by atoms with E-state index in [0.29, 0.717) is 5.56 Å². The lowest BCUT2D eigenvalue weighted by molar-refractivity contribution is -0.146. The Morgan fingerprint density at radius 2 is 1.52 bits per heavy atom. The molecule has 0 fully saturated rings. The van der Waals surface area contributed by atoms with Crippen molar-refractivity contribution in [2.45, 2.75) is 25.9 Å². The fraction of sp³-hybridized carbons (Fsp3) is 0.211. The highest BCUT2D eigenvalue weighted by Crippen LogP contribution is 2.38. The van der Waals surface area contributed by atoms with Crippen LogP contribution >= 0.6 is 0 Å². The van der Waals surface area contributed by atoms with Crippen LogP contribution in [0.5, 0.6) is 0 Å². The highest BCUT2D eigenvalue weighted by molar-refractivity contribution is 5.86. The van der Waals surface area contributed by atoms with Crippen LogP contribution in [0.15, 0.2) is 53.3 Å². The van der Waals surface area contributed by atoms with Gasteiger partial charge >= 0.3 is 6.18 Å². The second kappa shape index (κ2) is 6.02. The zero-order chi connectivity index (χ0) is 18.4. The molecule has 1 aromatic heterocycles. The SMILES string of the molecule is Cc1ccccc1-n1c(F)c(C(C)C(F)(F)F)c2ccccc2c1=O. The van der Waals surface area contributed by atoms with Crippen LogP contribution in [0.3, 0.4) is 0 Å². The van der Waals surface area contributed by atoms with E-state index in [1.165, 1.54) is 24.3 Å². The van der Waals surface area contributed by atoms with Crippen LogP contribution in [0, 0.1) is 12.9 Å². The summed E-state index contributed by atoms with van der Waals surface area (Å²) < 4.78 is 55.8. The summed E-state index contributed by atoms with van der Waals surface area (Å²) in [6.07, 6.45) is -4.63. The molecule has 3 aromatic rings. The molecule has 0 aliphatic carbocycles. The molecule has 0 amide bonds. The third-order valence-electron chi connectivity index (χ3n) is 4.35. The Balaban J connectivity index is 2.49. The van der Waals surface area contributed by atoms with E-state index in [1.54, 1.807) is 31.2 Å². The molecule has 1 heterocycles. The first kappa shape index (κ1) is 17.2. The Bertz CT molecular complexity index is 1000. The largest absolute Gasteiger partial charge is 0.395 e. The van der Waals surface area contributed by atoms with E-state index < -0.39 is 29.2 Å². The van der Waals surface area contributed by atoms with E-state index in [0.717, 1.165) is 11.5 Å². The molecule has 0 aliphatic rings. The number of aryl methyl sites for hydroxylation is 1. The third-order valence-corrected chi connectivity index (χ3v) is 4.35. The lowest BCUT2D eigenvalue weighted by atomic mass is 9.95. The third kappa shape index (κ3) is 2.81. The van der Waals surface area contributed by atoms with Crippen molar-refractivity contribution in [3.05, 3.63) is 76.0 Å². The number of benzene rings is 2. The molecule has 0 radical (unpaired) electrons. The molecule has 2 aromatic carbocycles. The first-order valence-corrected chi connectivity index (χ1v) is 7.69. The minimum atomic E-state index is -4.63. The number of hydrogen-bond donors (Lipinski definition) is 0. The smallest absolute Gasteiger partial charge is 0.268 e. The van der Waals surface area contributed by atoms with Gasteiger partial charge in [-0.05, 0) is 36.9 Å². The van der Waals surface area contributed by atoms with Gasteiger partial charge in [0.1, 0.15) is 0 Å². The van der Waals surface area contributed by atoms with E-state index in [4.69, 9.17) is 0 Å². The van der Waals surface area contributed by atoms with E-state index >= 15 is 4.39 Å². The number of rotatable bonds is 2. The Labute approximate surface area is 141 Å². The maximum absolute atomic E-state index is 15.2. The summed E-state index contributed by atoms with van der Waals surface area (Å²) >= 11 is 0. The predicted octanol–water partition coefficient (Wildman–Crippen LogP) is 5.10. The van der Waals surface area contributed by atoms with Crippen molar-refractivity contribution >= 4 is 10.8 Å². The van der Waals surface area contributed by atoms with Gasteiger partial charge in [-0.3, -0.25) is 9.36 Å². The number of pyridine rings is 1. The molecule has 6 heteroatoms. The fourth-order valence-corrected chi connectivity index (χ4v) is 2.95. The molecule has 0 N–H and O–H groups in total. The van der Waals surface area contributed by atoms with Crippen LogP contribution in [0.25, 0.3) is 16.5 Å². The molecule has 25 heavy (non-hydrogen) atoms. The van der Waals surface area contributed by atoms with Crippen LogP contribution in [0.4, 0.5) is 17.6 Å². The molecular weight excluding hydrogens is 334 g/mol. The van der Waals surface area contributed by atoms with Crippen molar-refractivity contribution in [2.75, 3.05) is 0 Å². The maximum atomic E-state index is 15.2. The summed E-state index contributed by atoms with van der Waals surface area (Å²) in [7, 11) is 0. The van der Waals surface area contributed by atoms with E-state index in [2.05, 4.69) is 0 Å². The molecule has 0 aliphatic heterocycles. The monoisotopic (exact) mass is 349 g/mol. The number of para-hydroxylation sites is 1. The van der Waals surface area contributed by atoms with Crippen molar-refractivity contribution < 1.29 is 17.6 Å². The van der Waals surface area contributed by atoms with Crippen LogP contribution in [-0.4, -0.2) is 10.7 Å². The standard InChI is InChI=1S/C19H15F4NO/c1-11-7-3-6-10-15(11)24-17(20)16(12(2)19(21,22)23)13-8-4-5-9-14(13)18(24)25/h3-10,12H,1-2H3. The zero-order valence-electron chi connectivity index (χ0n) is 13.6. The number of halogens is 4. The molecule has 130 valence electrons.